The van der Waals surface area contributed by atoms with Crippen LogP contribution in [0.1, 0.15) is 40.7 Å². The van der Waals surface area contributed by atoms with Crippen LogP contribution in [0.4, 0.5) is 4.39 Å². The Kier molecular flexibility index (Phi) is 5.43. The maximum Gasteiger partial charge on any atom is 0.251 e. The molecule has 30 heavy (non-hydrogen) atoms. The topological polar surface area (TPSA) is 63.2 Å². The molecule has 1 fully saturated rings. The van der Waals surface area contributed by atoms with Crippen molar-refractivity contribution < 1.29 is 17.6 Å². The van der Waals surface area contributed by atoms with Crippen molar-refractivity contribution in [1.29, 1.82) is 0 Å². The van der Waals surface area contributed by atoms with E-state index in [1.54, 1.807) is 66.7 Å². The summed E-state index contributed by atoms with van der Waals surface area (Å²) < 4.78 is 38.6. The van der Waals surface area contributed by atoms with Crippen molar-refractivity contribution in [3.63, 3.8) is 0 Å². The zero-order valence-electron chi connectivity index (χ0n) is 16.3. The minimum Gasteiger partial charge on any atom is -0.343 e. The average molecular weight is 424 g/mol. The lowest BCUT2D eigenvalue weighted by Crippen LogP contribution is -2.50. The van der Waals surface area contributed by atoms with E-state index < -0.39 is 15.4 Å². The Labute approximate surface area is 175 Å². The molecule has 1 aliphatic rings. The Morgan fingerprint density at radius 2 is 1.63 bits per heavy atom. The van der Waals surface area contributed by atoms with Crippen molar-refractivity contribution in [2.75, 3.05) is 0 Å². The van der Waals surface area contributed by atoms with Gasteiger partial charge in [0.25, 0.3) is 5.91 Å². The number of carbonyl (C=O) groups is 1. The van der Waals surface area contributed by atoms with E-state index in [-0.39, 0.29) is 22.4 Å². The third-order valence-electron chi connectivity index (χ3n) is 5.60. The summed E-state index contributed by atoms with van der Waals surface area (Å²) in [5.74, 6) is -0.758. The highest BCUT2D eigenvalue weighted by atomic mass is 32.2. The van der Waals surface area contributed by atoms with Gasteiger partial charge in [0.15, 0.2) is 9.84 Å². The van der Waals surface area contributed by atoms with Gasteiger partial charge in [-0.1, -0.05) is 42.5 Å². The predicted molar refractivity (Wildman–Crippen MR) is 113 cm³/mol. The van der Waals surface area contributed by atoms with Gasteiger partial charge < -0.3 is 5.32 Å². The number of amides is 1. The molecule has 1 N–H and O–H groups in total. The summed E-state index contributed by atoms with van der Waals surface area (Å²) in [6.07, 6.45) is 2.55. The summed E-state index contributed by atoms with van der Waals surface area (Å²) in [6, 6.07) is 21.2. The van der Waals surface area contributed by atoms with Crippen molar-refractivity contribution in [1.82, 2.24) is 5.32 Å². The molecule has 0 aromatic heterocycles. The van der Waals surface area contributed by atoms with E-state index in [2.05, 4.69) is 5.32 Å². The van der Waals surface area contributed by atoms with Crippen LogP contribution in [0.2, 0.25) is 0 Å². The molecule has 4 nitrogen and oxygen atoms in total. The molecule has 0 heterocycles. The molecule has 0 aliphatic heterocycles. The van der Waals surface area contributed by atoms with Crippen molar-refractivity contribution in [2.24, 2.45) is 0 Å². The third-order valence-corrected chi connectivity index (χ3v) is 7.31. The van der Waals surface area contributed by atoms with E-state index in [4.69, 9.17) is 0 Å². The molecule has 0 bridgehead atoms. The largest absolute Gasteiger partial charge is 0.343 e. The van der Waals surface area contributed by atoms with E-state index in [0.717, 1.165) is 24.8 Å². The van der Waals surface area contributed by atoms with E-state index in [0.29, 0.717) is 11.1 Å². The van der Waals surface area contributed by atoms with Crippen molar-refractivity contribution in [2.45, 2.75) is 35.4 Å². The van der Waals surface area contributed by atoms with Crippen LogP contribution in [-0.2, 0) is 21.1 Å². The highest BCUT2D eigenvalue weighted by Gasteiger charge is 2.40. The Bertz CT molecular complexity index is 1150. The smallest absolute Gasteiger partial charge is 0.251 e. The molecule has 3 aromatic carbocycles. The van der Waals surface area contributed by atoms with Crippen molar-refractivity contribution in [3.8, 4) is 0 Å². The van der Waals surface area contributed by atoms with E-state index in [9.17, 15) is 17.6 Å². The molecule has 0 atom stereocenters. The second kappa shape index (κ2) is 8.03. The van der Waals surface area contributed by atoms with Gasteiger partial charge in [-0.25, -0.2) is 12.8 Å². The molecule has 154 valence electrons. The SMILES string of the molecule is O=C(NC1(c2ccc(F)cc2)CCC1)c1cccc(CS(=O)(=O)c2ccccc2)c1. The van der Waals surface area contributed by atoms with E-state index >= 15 is 0 Å². The molecule has 4 rings (SSSR count). The van der Waals surface area contributed by atoms with Crippen LogP contribution in [0, 0.1) is 5.82 Å². The van der Waals surface area contributed by atoms with Gasteiger partial charge in [-0.05, 0) is 66.8 Å². The molecule has 0 spiro atoms. The van der Waals surface area contributed by atoms with Crippen LogP contribution in [-0.4, -0.2) is 14.3 Å². The Morgan fingerprint density at radius 1 is 0.933 bits per heavy atom. The molecule has 6 heteroatoms. The molecule has 1 amide bonds. The fraction of sp³-hybridized carbons (Fsp3) is 0.208. The van der Waals surface area contributed by atoms with Crippen LogP contribution in [0.15, 0.2) is 83.8 Å². The number of sulfone groups is 1. The molecule has 1 aliphatic carbocycles. The molecule has 0 radical (unpaired) electrons. The van der Waals surface area contributed by atoms with Crippen LogP contribution in [0.3, 0.4) is 0 Å². The number of rotatable bonds is 6. The fourth-order valence-corrected chi connectivity index (χ4v) is 5.16. The lowest BCUT2D eigenvalue weighted by Gasteiger charge is -2.43. The zero-order chi connectivity index (χ0) is 21.2. The maximum absolute atomic E-state index is 13.3. The summed E-state index contributed by atoms with van der Waals surface area (Å²) in [6.45, 7) is 0. The minimum atomic E-state index is -3.50. The van der Waals surface area contributed by atoms with Gasteiger partial charge in [0, 0.05) is 5.56 Å². The van der Waals surface area contributed by atoms with Gasteiger partial charge in [0.05, 0.1) is 16.2 Å². The average Bonchev–Trinajstić information content (AvgIpc) is 2.72. The summed E-state index contributed by atoms with van der Waals surface area (Å²) >= 11 is 0. The number of hydrogen-bond acceptors (Lipinski definition) is 3. The van der Waals surface area contributed by atoms with Crippen LogP contribution >= 0.6 is 0 Å². The maximum atomic E-state index is 13.3. The Balaban J connectivity index is 1.53. The fourth-order valence-electron chi connectivity index (χ4n) is 3.81. The molecule has 0 saturated heterocycles. The minimum absolute atomic E-state index is 0.179. The summed E-state index contributed by atoms with van der Waals surface area (Å²) in [5, 5.41) is 3.09. The Morgan fingerprint density at radius 3 is 2.27 bits per heavy atom. The van der Waals surface area contributed by atoms with Gasteiger partial charge in [0.2, 0.25) is 0 Å². The summed E-state index contributed by atoms with van der Waals surface area (Å²) in [5.41, 5.74) is 1.34. The number of carbonyl (C=O) groups excluding carboxylic acids is 1. The monoisotopic (exact) mass is 423 g/mol. The van der Waals surface area contributed by atoms with E-state index in [1.165, 1.54) is 12.1 Å². The Hall–Kier alpha value is -2.99. The standard InChI is InChI=1S/C24H22FNO3S/c25-21-12-10-20(11-13-21)24(14-5-15-24)26-23(27)19-7-4-6-18(16-19)17-30(28,29)22-8-2-1-3-9-22/h1-4,6-13,16H,5,14-15,17H2,(H,26,27). The van der Waals surface area contributed by atoms with Gasteiger partial charge in [-0.2, -0.15) is 0 Å². The number of halogens is 1. The van der Waals surface area contributed by atoms with Crippen LogP contribution in [0.25, 0.3) is 0 Å². The number of benzene rings is 3. The predicted octanol–water partition coefficient (Wildman–Crippen LogP) is 4.61. The van der Waals surface area contributed by atoms with Crippen molar-refractivity contribution >= 4 is 15.7 Å². The number of hydrogen-bond donors (Lipinski definition) is 1. The van der Waals surface area contributed by atoms with Crippen LogP contribution in [0.5, 0.6) is 0 Å². The first kappa shape index (κ1) is 20.3. The first-order chi connectivity index (χ1) is 14.4. The highest BCUT2D eigenvalue weighted by Crippen LogP contribution is 2.41. The molecular weight excluding hydrogens is 401 g/mol. The van der Waals surface area contributed by atoms with Gasteiger partial charge in [-0.15, -0.1) is 0 Å². The zero-order valence-corrected chi connectivity index (χ0v) is 17.2. The summed E-state index contributed by atoms with van der Waals surface area (Å²) in [7, 11) is -3.50. The lowest BCUT2D eigenvalue weighted by molar-refractivity contribution is 0.0823. The molecule has 1 saturated carbocycles. The first-order valence-electron chi connectivity index (χ1n) is 9.83. The van der Waals surface area contributed by atoms with Gasteiger partial charge >= 0.3 is 0 Å². The van der Waals surface area contributed by atoms with E-state index in [1.807, 2.05) is 0 Å². The first-order valence-corrected chi connectivity index (χ1v) is 11.5. The van der Waals surface area contributed by atoms with Gasteiger partial charge in [-0.3, -0.25) is 4.79 Å². The second-order valence-electron chi connectivity index (χ2n) is 7.67. The van der Waals surface area contributed by atoms with Crippen LogP contribution < -0.4 is 5.32 Å². The normalized spacial score (nSPS) is 15.2. The molecule has 3 aromatic rings. The summed E-state index contributed by atoms with van der Waals surface area (Å²) in [4.78, 5) is 13.2. The van der Waals surface area contributed by atoms with Gasteiger partial charge in [0.1, 0.15) is 5.82 Å². The number of nitrogens with one attached hydrogen (secondary N) is 1. The highest BCUT2D eigenvalue weighted by molar-refractivity contribution is 7.90. The lowest BCUT2D eigenvalue weighted by atomic mass is 9.71. The van der Waals surface area contributed by atoms with Crippen molar-refractivity contribution in [3.05, 3.63) is 101 Å². The quantitative estimate of drug-likeness (QED) is 0.630. The molecule has 0 unspecified atom stereocenters. The molecular formula is C24H22FNO3S. The second-order valence-corrected chi connectivity index (χ2v) is 9.66. The third kappa shape index (κ3) is 4.14.